The third kappa shape index (κ3) is 1.32. The van der Waals surface area contributed by atoms with Crippen LogP contribution in [0.15, 0.2) is 41.1 Å². The molecule has 2 heterocycles. The summed E-state index contributed by atoms with van der Waals surface area (Å²) in [5.41, 5.74) is 2.29. The van der Waals surface area contributed by atoms with E-state index in [1.54, 1.807) is 12.3 Å². The number of rotatable bonds is 1. The first-order chi connectivity index (χ1) is 7.84. The van der Waals surface area contributed by atoms with Gasteiger partial charge in [-0.2, -0.15) is 0 Å². The Hall–Kier alpha value is -2.36. The van der Waals surface area contributed by atoms with Crippen molar-refractivity contribution >= 4 is 23.2 Å². The smallest absolute Gasteiger partial charge is 0.256 e. The molecule has 1 aliphatic rings. The number of oxazole rings is 1. The number of anilines is 1. The number of aromatic nitrogens is 1. The quantitative estimate of drug-likeness (QED) is 0.737. The highest BCUT2D eigenvalue weighted by Crippen LogP contribution is 2.32. The lowest BCUT2D eigenvalue weighted by atomic mass is 10.1. The summed E-state index contributed by atoms with van der Waals surface area (Å²) in [6, 6.07) is 7.53. The zero-order valence-corrected chi connectivity index (χ0v) is 8.31. The van der Waals surface area contributed by atoms with Gasteiger partial charge in [0.05, 0.1) is 11.8 Å². The molecule has 3 rings (SSSR count). The van der Waals surface area contributed by atoms with Crippen LogP contribution in [0.3, 0.4) is 0 Å². The van der Waals surface area contributed by atoms with E-state index in [-0.39, 0.29) is 5.91 Å². The van der Waals surface area contributed by atoms with Gasteiger partial charge in [-0.15, -0.1) is 0 Å². The second-order valence-corrected chi connectivity index (χ2v) is 3.43. The Balaban J connectivity index is 2.12. The maximum Gasteiger partial charge on any atom is 0.256 e. The molecule has 1 N–H and O–H groups in total. The van der Waals surface area contributed by atoms with E-state index in [0.717, 1.165) is 11.3 Å². The molecule has 0 saturated heterocycles. The fourth-order valence-electron chi connectivity index (χ4n) is 1.71. The molecule has 0 unspecified atom stereocenters. The molecule has 1 aromatic heterocycles. The van der Waals surface area contributed by atoms with E-state index in [4.69, 9.17) is 4.42 Å². The number of hydrogen-bond acceptors (Lipinski definition) is 3. The van der Waals surface area contributed by atoms with Crippen molar-refractivity contribution in [2.75, 3.05) is 5.32 Å². The first-order valence-electron chi connectivity index (χ1n) is 4.86. The lowest BCUT2D eigenvalue weighted by Crippen LogP contribution is -2.03. The lowest BCUT2D eigenvalue weighted by molar-refractivity contribution is -0.110. The molecule has 0 atom stereocenters. The summed E-state index contributed by atoms with van der Waals surface area (Å²) >= 11 is 0. The minimum absolute atomic E-state index is 0.126. The van der Waals surface area contributed by atoms with Crippen LogP contribution in [0.1, 0.15) is 11.5 Å². The van der Waals surface area contributed by atoms with Gasteiger partial charge in [0, 0.05) is 17.3 Å². The minimum Gasteiger partial charge on any atom is -0.445 e. The summed E-state index contributed by atoms with van der Waals surface area (Å²) in [6.07, 6.45) is 4.66. The van der Waals surface area contributed by atoms with Crippen molar-refractivity contribution < 1.29 is 9.21 Å². The highest BCUT2D eigenvalue weighted by molar-refractivity contribution is 6.34. The van der Waals surface area contributed by atoms with Crippen molar-refractivity contribution in [2.45, 2.75) is 0 Å². The minimum atomic E-state index is -0.126. The van der Waals surface area contributed by atoms with E-state index in [2.05, 4.69) is 10.3 Å². The molecule has 16 heavy (non-hydrogen) atoms. The van der Waals surface area contributed by atoms with Crippen LogP contribution < -0.4 is 5.32 Å². The Morgan fingerprint density at radius 1 is 1.31 bits per heavy atom. The Bertz CT molecular complexity index is 570. The van der Waals surface area contributed by atoms with Gasteiger partial charge >= 0.3 is 0 Å². The van der Waals surface area contributed by atoms with Gasteiger partial charge in [0.15, 0.2) is 0 Å². The van der Waals surface area contributed by atoms with Gasteiger partial charge < -0.3 is 9.73 Å². The lowest BCUT2D eigenvalue weighted by Gasteiger charge is -1.94. The van der Waals surface area contributed by atoms with Crippen LogP contribution in [0.25, 0.3) is 11.6 Å². The second-order valence-electron chi connectivity index (χ2n) is 3.43. The Labute approximate surface area is 91.6 Å². The summed E-state index contributed by atoms with van der Waals surface area (Å²) in [6.45, 7) is 0. The Morgan fingerprint density at radius 3 is 3.00 bits per heavy atom. The fraction of sp³-hybridized carbons (Fsp3) is 0. The van der Waals surface area contributed by atoms with E-state index < -0.39 is 0 Å². The Kier molecular flexibility index (Phi) is 1.86. The number of benzene rings is 1. The molecule has 78 valence electrons. The van der Waals surface area contributed by atoms with Crippen LogP contribution in [-0.2, 0) is 4.79 Å². The van der Waals surface area contributed by atoms with Crippen LogP contribution in [0, 0.1) is 0 Å². The molecule has 0 bridgehead atoms. The van der Waals surface area contributed by atoms with Gasteiger partial charge in [0.25, 0.3) is 5.91 Å². The van der Waals surface area contributed by atoms with Gasteiger partial charge in [0.1, 0.15) is 6.26 Å². The number of amides is 1. The number of para-hydroxylation sites is 1. The van der Waals surface area contributed by atoms with Crippen molar-refractivity contribution in [3.63, 3.8) is 0 Å². The molecule has 4 heteroatoms. The maximum absolute atomic E-state index is 11.7. The van der Waals surface area contributed by atoms with Crippen molar-refractivity contribution in [1.29, 1.82) is 0 Å². The van der Waals surface area contributed by atoms with E-state index in [0.29, 0.717) is 11.5 Å². The molecule has 0 aliphatic carbocycles. The molecule has 0 radical (unpaired) electrons. The van der Waals surface area contributed by atoms with Crippen molar-refractivity contribution in [1.82, 2.24) is 4.98 Å². The number of carbonyl (C=O) groups is 1. The summed E-state index contributed by atoms with van der Waals surface area (Å²) in [5, 5.41) is 2.78. The van der Waals surface area contributed by atoms with Gasteiger partial charge in [-0.1, -0.05) is 18.2 Å². The van der Waals surface area contributed by atoms with E-state index in [9.17, 15) is 4.79 Å². The Morgan fingerprint density at radius 2 is 2.19 bits per heavy atom. The molecule has 0 spiro atoms. The highest BCUT2D eigenvalue weighted by atomic mass is 16.3. The van der Waals surface area contributed by atoms with Crippen LogP contribution >= 0.6 is 0 Å². The van der Waals surface area contributed by atoms with Gasteiger partial charge in [-0.3, -0.25) is 4.79 Å². The van der Waals surface area contributed by atoms with Crippen LogP contribution in [0.2, 0.25) is 0 Å². The molecule has 4 nitrogen and oxygen atoms in total. The van der Waals surface area contributed by atoms with E-state index in [1.165, 1.54) is 6.26 Å². The normalized spacial score (nSPS) is 16.2. The average Bonchev–Trinajstić information content (AvgIpc) is 2.89. The fourth-order valence-corrected chi connectivity index (χ4v) is 1.71. The zero-order valence-electron chi connectivity index (χ0n) is 8.31. The largest absolute Gasteiger partial charge is 0.445 e. The predicted molar refractivity (Wildman–Crippen MR) is 59.4 cm³/mol. The van der Waals surface area contributed by atoms with Crippen molar-refractivity contribution in [2.24, 2.45) is 0 Å². The van der Waals surface area contributed by atoms with E-state index in [1.807, 2.05) is 24.3 Å². The molecule has 0 saturated carbocycles. The standard InChI is InChI=1S/C12H8N2O2/c15-12-9(7-11-13-5-6-16-11)8-3-1-2-4-10(8)14-12/h1-7H,(H,14,15)/b9-7-. The maximum atomic E-state index is 11.7. The SMILES string of the molecule is O=C1Nc2ccccc2/C1=C/c1ncco1. The summed E-state index contributed by atoms with van der Waals surface area (Å²) < 4.78 is 5.09. The van der Waals surface area contributed by atoms with Crippen LogP contribution in [-0.4, -0.2) is 10.9 Å². The zero-order chi connectivity index (χ0) is 11.0. The number of hydrogen-bond donors (Lipinski definition) is 1. The van der Waals surface area contributed by atoms with Crippen LogP contribution in [0.5, 0.6) is 0 Å². The molecule has 1 aromatic carbocycles. The summed E-state index contributed by atoms with van der Waals surface area (Å²) in [4.78, 5) is 15.7. The summed E-state index contributed by atoms with van der Waals surface area (Å²) in [7, 11) is 0. The van der Waals surface area contributed by atoms with Gasteiger partial charge in [0.2, 0.25) is 5.89 Å². The highest BCUT2D eigenvalue weighted by Gasteiger charge is 2.23. The molecule has 1 aliphatic heterocycles. The predicted octanol–water partition coefficient (Wildman–Crippen LogP) is 2.17. The molecule has 2 aromatic rings. The third-order valence-electron chi connectivity index (χ3n) is 2.43. The van der Waals surface area contributed by atoms with Gasteiger partial charge in [-0.25, -0.2) is 4.98 Å². The second kappa shape index (κ2) is 3.34. The number of nitrogens with one attached hydrogen (secondary N) is 1. The average molecular weight is 212 g/mol. The number of nitrogens with zero attached hydrogens (tertiary/aromatic N) is 1. The topological polar surface area (TPSA) is 55.1 Å². The molecular formula is C12H8N2O2. The van der Waals surface area contributed by atoms with E-state index >= 15 is 0 Å². The first-order valence-corrected chi connectivity index (χ1v) is 4.86. The molecular weight excluding hydrogens is 204 g/mol. The number of carbonyl (C=O) groups excluding carboxylic acids is 1. The van der Waals surface area contributed by atoms with Gasteiger partial charge in [-0.05, 0) is 6.07 Å². The first kappa shape index (κ1) is 8.91. The van der Waals surface area contributed by atoms with Crippen molar-refractivity contribution in [3.8, 4) is 0 Å². The molecule has 0 fully saturated rings. The monoisotopic (exact) mass is 212 g/mol. The van der Waals surface area contributed by atoms with Crippen LogP contribution in [0.4, 0.5) is 5.69 Å². The number of fused-ring (bicyclic) bond motifs is 1. The molecule has 1 amide bonds. The third-order valence-corrected chi connectivity index (χ3v) is 2.43. The summed E-state index contributed by atoms with van der Waals surface area (Å²) in [5.74, 6) is 0.307. The van der Waals surface area contributed by atoms with Crippen molar-refractivity contribution in [3.05, 3.63) is 48.2 Å².